The van der Waals surface area contributed by atoms with Crippen molar-refractivity contribution in [3.8, 4) is 0 Å². The molecule has 0 radical (unpaired) electrons. The Morgan fingerprint density at radius 2 is 0.947 bits per heavy atom. The Kier molecular flexibility index (Phi) is 12.0. The molecule has 2 amide bonds. The molecule has 0 saturated heterocycles. The molecule has 202 valence electrons. The zero-order valence-corrected chi connectivity index (χ0v) is 23.1. The van der Waals surface area contributed by atoms with Gasteiger partial charge in [-0.1, -0.05) is 0 Å². The van der Waals surface area contributed by atoms with Gasteiger partial charge in [0.15, 0.2) is 0 Å². The monoisotopic (exact) mass is 660 g/mol. The number of carbonyl (C=O) groups is 6. The molecule has 2 aromatic carbocycles. The minimum absolute atomic E-state index is 0.234. The van der Waals surface area contributed by atoms with Crippen molar-refractivity contribution >= 4 is 70.9 Å². The molecule has 2 atom stereocenters. The van der Waals surface area contributed by atoms with Gasteiger partial charge >= 0.3 is 228 Å². The van der Waals surface area contributed by atoms with E-state index in [1.807, 2.05) is 0 Å². The summed E-state index contributed by atoms with van der Waals surface area (Å²) in [5.41, 5.74) is 0.468. The minimum atomic E-state index is -1.38. The summed E-state index contributed by atoms with van der Waals surface area (Å²) >= 11 is -0.709. The number of aliphatic carboxylic acids is 4. The van der Waals surface area contributed by atoms with Crippen LogP contribution >= 0.6 is 0 Å². The van der Waals surface area contributed by atoms with E-state index in [9.17, 15) is 39.0 Å². The van der Waals surface area contributed by atoms with Crippen LogP contribution in [0.1, 0.15) is 46.4 Å². The van der Waals surface area contributed by atoms with Crippen LogP contribution in [0.25, 0.3) is 0 Å². The molecule has 0 heterocycles. The van der Waals surface area contributed by atoms with Crippen LogP contribution in [0, 0.1) is 0 Å². The summed E-state index contributed by atoms with van der Waals surface area (Å²) in [6, 6.07) is 10.3. The standard InChI is InChI=1S/C24H24N2O10Se2/c27-19(28)11-9-15(23(33)34)25-21(31)13-5-1-3-7-17(13)37-38-18-8-4-2-6-14(18)22(32)26-16(24(35)36)10-12-20(29)30/h1-8,15-16H,9-12H2,(H,25,31)(H,26,32)(H,27,28)(H,29,30)(H,33,34)(H,35,36)/t15-,16-/m0/s1. The van der Waals surface area contributed by atoms with Gasteiger partial charge in [-0.25, -0.2) is 0 Å². The molecule has 2 rings (SSSR count). The van der Waals surface area contributed by atoms with Gasteiger partial charge in [-0.05, 0) is 0 Å². The molecule has 0 aliphatic carbocycles. The van der Waals surface area contributed by atoms with E-state index in [1.54, 1.807) is 36.4 Å². The van der Waals surface area contributed by atoms with Crippen molar-refractivity contribution < 1.29 is 49.2 Å². The van der Waals surface area contributed by atoms with Gasteiger partial charge < -0.3 is 0 Å². The fraction of sp³-hybridized carbons (Fsp3) is 0.250. The Bertz CT molecular complexity index is 1130. The summed E-state index contributed by atoms with van der Waals surface area (Å²) in [5.74, 6) is -6.40. The summed E-state index contributed by atoms with van der Waals surface area (Å²) in [4.78, 5) is 70.2. The predicted molar refractivity (Wildman–Crippen MR) is 135 cm³/mol. The molecule has 0 unspecified atom stereocenters. The van der Waals surface area contributed by atoms with Crippen molar-refractivity contribution in [1.82, 2.24) is 10.6 Å². The van der Waals surface area contributed by atoms with E-state index in [0.717, 1.165) is 0 Å². The summed E-state index contributed by atoms with van der Waals surface area (Å²) in [6.07, 6.45) is -1.41. The van der Waals surface area contributed by atoms with E-state index in [4.69, 9.17) is 10.2 Å². The van der Waals surface area contributed by atoms with Crippen molar-refractivity contribution in [1.29, 1.82) is 0 Å². The number of hydrogen-bond acceptors (Lipinski definition) is 6. The quantitative estimate of drug-likeness (QED) is 0.130. The first-order valence-corrected chi connectivity index (χ1v) is 17.1. The third-order valence-electron chi connectivity index (χ3n) is 4.99. The molecular formula is C24H24N2O10Se2. The van der Waals surface area contributed by atoms with E-state index < -0.39 is 60.6 Å². The molecule has 2 aromatic rings. The number of benzene rings is 2. The number of carboxylic acid groups (broad SMARTS) is 4. The molecular weight excluding hydrogens is 634 g/mol. The zero-order chi connectivity index (χ0) is 28.2. The first-order valence-electron chi connectivity index (χ1n) is 11.0. The van der Waals surface area contributed by atoms with E-state index in [-0.39, 0.29) is 50.2 Å². The van der Waals surface area contributed by atoms with Gasteiger partial charge in [0.1, 0.15) is 0 Å². The Balaban J connectivity index is 2.17. The van der Waals surface area contributed by atoms with Gasteiger partial charge in [-0.15, -0.1) is 0 Å². The van der Waals surface area contributed by atoms with Gasteiger partial charge in [0.2, 0.25) is 0 Å². The molecule has 14 heteroatoms. The van der Waals surface area contributed by atoms with Gasteiger partial charge in [-0.2, -0.15) is 0 Å². The fourth-order valence-electron chi connectivity index (χ4n) is 3.07. The fourth-order valence-corrected chi connectivity index (χ4v) is 10.2. The van der Waals surface area contributed by atoms with Crippen LogP contribution in [0.4, 0.5) is 0 Å². The molecule has 0 fully saturated rings. The molecule has 0 spiro atoms. The maximum atomic E-state index is 12.8. The van der Waals surface area contributed by atoms with Crippen LogP contribution in [0.2, 0.25) is 0 Å². The van der Waals surface area contributed by atoms with Crippen LogP contribution in [-0.4, -0.2) is 94.5 Å². The van der Waals surface area contributed by atoms with Crippen molar-refractivity contribution in [3.63, 3.8) is 0 Å². The molecule has 0 bridgehead atoms. The predicted octanol–water partition coefficient (Wildman–Crippen LogP) is -0.944. The number of rotatable bonds is 15. The molecule has 0 aromatic heterocycles. The third-order valence-corrected chi connectivity index (χ3v) is 12.2. The first-order chi connectivity index (χ1) is 18.0. The van der Waals surface area contributed by atoms with Crippen molar-refractivity contribution in [2.45, 2.75) is 37.8 Å². The SMILES string of the molecule is O=C(O)CC[C@H](NC(=O)c1ccccc1[Se][Se]c1ccccc1C(=O)N[C@@H](CCC(=O)O)C(=O)O)C(=O)O. The second kappa shape index (κ2) is 14.9. The van der Waals surface area contributed by atoms with Gasteiger partial charge in [-0.3, -0.25) is 0 Å². The molecule has 6 N–H and O–H groups in total. The van der Waals surface area contributed by atoms with Gasteiger partial charge in [0, 0.05) is 0 Å². The zero-order valence-electron chi connectivity index (χ0n) is 19.7. The summed E-state index contributed by atoms with van der Waals surface area (Å²) in [5, 5.41) is 41.0. The Morgan fingerprint density at radius 1 is 0.605 bits per heavy atom. The second-order valence-corrected chi connectivity index (χ2v) is 13.9. The maximum absolute atomic E-state index is 12.8. The normalized spacial score (nSPS) is 12.1. The molecule has 0 aliphatic heterocycles. The second-order valence-electron chi connectivity index (χ2n) is 7.75. The van der Waals surface area contributed by atoms with Gasteiger partial charge in [0.05, 0.1) is 0 Å². The van der Waals surface area contributed by atoms with Crippen molar-refractivity contribution in [2.24, 2.45) is 0 Å². The van der Waals surface area contributed by atoms with E-state index in [2.05, 4.69) is 10.6 Å². The Morgan fingerprint density at radius 3 is 1.26 bits per heavy atom. The number of amides is 2. The Labute approximate surface area is 227 Å². The topological polar surface area (TPSA) is 207 Å². The summed E-state index contributed by atoms with van der Waals surface area (Å²) < 4.78 is 1.28. The van der Waals surface area contributed by atoms with Crippen LogP contribution in [0.3, 0.4) is 0 Å². The number of hydrogen-bond donors (Lipinski definition) is 6. The van der Waals surface area contributed by atoms with Crippen molar-refractivity contribution in [2.75, 3.05) is 0 Å². The third kappa shape index (κ3) is 9.64. The first kappa shape index (κ1) is 30.5. The number of nitrogens with one attached hydrogen (secondary N) is 2. The molecule has 38 heavy (non-hydrogen) atoms. The molecule has 0 saturated carbocycles. The van der Waals surface area contributed by atoms with Gasteiger partial charge in [0.25, 0.3) is 0 Å². The average Bonchev–Trinajstić information content (AvgIpc) is 2.87. The van der Waals surface area contributed by atoms with Crippen LogP contribution in [0.5, 0.6) is 0 Å². The number of carboxylic acids is 4. The van der Waals surface area contributed by atoms with Crippen LogP contribution in [-0.2, 0) is 19.2 Å². The summed E-state index contributed by atoms with van der Waals surface area (Å²) in [6.45, 7) is 0. The van der Waals surface area contributed by atoms with Crippen LogP contribution in [0.15, 0.2) is 48.5 Å². The van der Waals surface area contributed by atoms with E-state index in [1.165, 1.54) is 12.1 Å². The number of carbonyl (C=O) groups excluding carboxylic acids is 2. The molecule has 12 nitrogen and oxygen atoms in total. The van der Waals surface area contributed by atoms with E-state index in [0.29, 0.717) is 8.92 Å². The van der Waals surface area contributed by atoms with E-state index >= 15 is 0 Å². The Hall–Kier alpha value is -3.70. The van der Waals surface area contributed by atoms with Crippen molar-refractivity contribution in [3.05, 3.63) is 59.7 Å². The summed E-state index contributed by atoms with van der Waals surface area (Å²) in [7, 11) is 0. The average molecular weight is 658 g/mol. The van der Waals surface area contributed by atoms with Crippen LogP contribution < -0.4 is 19.6 Å². The molecule has 0 aliphatic rings.